The van der Waals surface area contributed by atoms with Gasteiger partial charge < -0.3 is 25.6 Å². The van der Waals surface area contributed by atoms with Crippen molar-refractivity contribution >= 4 is 22.9 Å². The van der Waals surface area contributed by atoms with Crippen molar-refractivity contribution < 1.29 is 14.9 Å². The molecule has 98 valence electrons. The minimum Gasteiger partial charge on any atom is -0.497 e. The molecule has 1 aliphatic heterocycles. The van der Waals surface area contributed by atoms with Gasteiger partial charge in [0.2, 0.25) is 0 Å². The number of anilines is 1. The molecule has 2 atom stereocenters. The highest BCUT2D eigenvalue weighted by molar-refractivity contribution is 7.80. The first-order chi connectivity index (χ1) is 8.52. The van der Waals surface area contributed by atoms with Crippen LogP contribution in [0.4, 0.5) is 5.69 Å². The highest BCUT2D eigenvalue weighted by atomic mass is 32.1. The van der Waals surface area contributed by atoms with Crippen LogP contribution in [0.3, 0.4) is 0 Å². The molecule has 4 N–H and O–H groups in total. The number of rotatable bonds is 3. The second-order valence-electron chi connectivity index (χ2n) is 4.29. The van der Waals surface area contributed by atoms with Crippen molar-refractivity contribution in [1.82, 2.24) is 0 Å². The number of nitrogens with two attached hydrogens (primary N) is 1. The predicted molar refractivity (Wildman–Crippen MR) is 73.1 cm³/mol. The Hall–Kier alpha value is -1.37. The molecule has 2 unspecified atom stereocenters. The van der Waals surface area contributed by atoms with Crippen molar-refractivity contribution in [3.8, 4) is 5.75 Å². The summed E-state index contributed by atoms with van der Waals surface area (Å²) in [5.41, 5.74) is 7.17. The molecule has 0 amide bonds. The molecule has 0 aliphatic carbocycles. The van der Waals surface area contributed by atoms with E-state index in [0.717, 1.165) is 5.69 Å². The number of benzene rings is 1. The van der Waals surface area contributed by atoms with Crippen LogP contribution in [0.15, 0.2) is 18.2 Å². The smallest absolute Gasteiger partial charge is 0.120 e. The maximum atomic E-state index is 9.60. The summed E-state index contributed by atoms with van der Waals surface area (Å²) < 4.78 is 5.17. The Balaban J connectivity index is 2.38. The number of aliphatic hydroxyl groups excluding tert-OH is 2. The van der Waals surface area contributed by atoms with Crippen molar-refractivity contribution in [3.63, 3.8) is 0 Å². The van der Waals surface area contributed by atoms with E-state index in [2.05, 4.69) is 0 Å². The summed E-state index contributed by atoms with van der Waals surface area (Å²) in [5, 5.41) is 19.2. The number of ether oxygens (including phenoxy) is 1. The third kappa shape index (κ3) is 2.40. The standard InChI is InChI=1S/C12H16N2O3S/c1-17-7-2-3-8(12(13)18)9(4-7)14-5-10(15)11(16)6-14/h2-4,10-11,15-16H,5-6H2,1H3,(H2,13,18). The highest BCUT2D eigenvalue weighted by Crippen LogP contribution is 2.29. The number of β-amino-alcohol motifs (C(OH)–C–C–N with tert-alkyl or cyclic N) is 2. The third-order valence-electron chi connectivity index (χ3n) is 3.07. The second kappa shape index (κ2) is 5.09. The van der Waals surface area contributed by atoms with Crippen LogP contribution in [-0.4, -0.2) is 47.6 Å². The quantitative estimate of drug-likeness (QED) is 0.663. The zero-order valence-corrected chi connectivity index (χ0v) is 10.9. The van der Waals surface area contributed by atoms with Crippen molar-refractivity contribution in [2.24, 2.45) is 5.73 Å². The Bertz CT molecular complexity index is 457. The number of methoxy groups -OCH3 is 1. The van der Waals surface area contributed by atoms with Crippen LogP contribution >= 0.6 is 12.2 Å². The zero-order chi connectivity index (χ0) is 13.3. The summed E-state index contributed by atoms with van der Waals surface area (Å²) in [7, 11) is 1.58. The highest BCUT2D eigenvalue weighted by Gasteiger charge is 2.31. The van der Waals surface area contributed by atoms with E-state index < -0.39 is 12.2 Å². The van der Waals surface area contributed by atoms with E-state index in [0.29, 0.717) is 24.4 Å². The summed E-state index contributed by atoms with van der Waals surface area (Å²) in [6.45, 7) is 0.702. The van der Waals surface area contributed by atoms with E-state index in [-0.39, 0.29) is 4.99 Å². The Morgan fingerprint density at radius 2 is 2.00 bits per heavy atom. The largest absolute Gasteiger partial charge is 0.497 e. The van der Waals surface area contributed by atoms with Gasteiger partial charge in [-0.15, -0.1) is 0 Å². The number of aliphatic hydroxyl groups is 2. The molecule has 1 aliphatic rings. The van der Waals surface area contributed by atoms with Crippen molar-refractivity contribution in [3.05, 3.63) is 23.8 Å². The minimum atomic E-state index is -0.754. The van der Waals surface area contributed by atoms with Crippen LogP contribution in [0.2, 0.25) is 0 Å². The van der Waals surface area contributed by atoms with Gasteiger partial charge in [-0.05, 0) is 12.1 Å². The van der Waals surface area contributed by atoms with Crippen LogP contribution in [0.5, 0.6) is 5.75 Å². The maximum Gasteiger partial charge on any atom is 0.120 e. The lowest BCUT2D eigenvalue weighted by Crippen LogP contribution is -2.25. The number of nitrogens with zero attached hydrogens (tertiary/aromatic N) is 1. The molecular weight excluding hydrogens is 252 g/mol. The zero-order valence-electron chi connectivity index (χ0n) is 10.0. The van der Waals surface area contributed by atoms with Gasteiger partial charge in [-0.1, -0.05) is 12.2 Å². The molecule has 1 aromatic rings. The fourth-order valence-corrected chi connectivity index (χ4v) is 2.25. The van der Waals surface area contributed by atoms with Gasteiger partial charge in [-0.25, -0.2) is 0 Å². The van der Waals surface area contributed by atoms with Crippen LogP contribution in [0.25, 0.3) is 0 Å². The third-order valence-corrected chi connectivity index (χ3v) is 3.29. The van der Waals surface area contributed by atoms with Gasteiger partial charge >= 0.3 is 0 Å². The first kappa shape index (κ1) is 13.1. The molecular formula is C12H16N2O3S. The first-order valence-electron chi connectivity index (χ1n) is 5.62. The fraction of sp³-hybridized carbons (Fsp3) is 0.417. The summed E-state index contributed by atoms with van der Waals surface area (Å²) in [6.07, 6.45) is -1.51. The van der Waals surface area contributed by atoms with E-state index >= 15 is 0 Å². The number of hydrogen-bond donors (Lipinski definition) is 3. The Kier molecular flexibility index (Phi) is 3.70. The molecule has 0 spiro atoms. The molecule has 0 aromatic heterocycles. The molecule has 0 saturated carbocycles. The molecule has 1 heterocycles. The molecule has 1 saturated heterocycles. The SMILES string of the molecule is COc1ccc(C(N)=S)c(N2CC(O)C(O)C2)c1. The van der Waals surface area contributed by atoms with Gasteiger partial charge in [0.25, 0.3) is 0 Å². The summed E-state index contributed by atoms with van der Waals surface area (Å²) in [6, 6.07) is 5.37. The molecule has 0 bridgehead atoms. The molecule has 0 radical (unpaired) electrons. The molecule has 5 nitrogen and oxygen atoms in total. The van der Waals surface area contributed by atoms with E-state index in [1.165, 1.54) is 0 Å². The van der Waals surface area contributed by atoms with Crippen molar-refractivity contribution in [2.75, 3.05) is 25.1 Å². The van der Waals surface area contributed by atoms with Gasteiger partial charge in [-0.2, -0.15) is 0 Å². The summed E-state index contributed by atoms with van der Waals surface area (Å²) >= 11 is 5.01. The topological polar surface area (TPSA) is 79.0 Å². The van der Waals surface area contributed by atoms with Crippen LogP contribution in [-0.2, 0) is 0 Å². The van der Waals surface area contributed by atoms with Gasteiger partial charge in [0.1, 0.15) is 10.7 Å². The normalized spacial score (nSPS) is 23.2. The predicted octanol–water partition coefficient (Wildman–Crippen LogP) is -0.129. The minimum absolute atomic E-state index is 0.281. The lowest BCUT2D eigenvalue weighted by molar-refractivity contribution is 0.0572. The monoisotopic (exact) mass is 268 g/mol. The van der Waals surface area contributed by atoms with Crippen LogP contribution < -0.4 is 15.4 Å². The van der Waals surface area contributed by atoms with E-state index in [4.69, 9.17) is 22.7 Å². The van der Waals surface area contributed by atoms with E-state index in [1.807, 2.05) is 4.90 Å². The van der Waals surface area contributed by atoms with Gasteiger partial charge in [-0.3, -0.25) is 0 Å². The van der Waals surface area contributed by atoms with Crippen LogP contribution in [0.1, 0.15) is 5.56 Å². The van der Waals surface area contributed by atoms with Crippen molar-refractivity contribution in [2.45, 2.75) is 12.2 Å². The molecule has 18 heavy (non-hydrogen) atoms. The van der Waals surface area contributed by atoms with Crippen LogP contribution in [0, 0.1) is 0 Å². The lowest BCUT2D eigenvalue weighted by atomic mass is 10.1. The second-order valence-corrected chi connectivity index (χ2v) is 4.73. The average molecular weight is 268 g/mol. The summed E-state index contributed by atoms with van der Waals surface area (Å²) in [5.74, 6) is 0.681. The number of thiocarbonyl (C=S) groups is 1. The van der Waals surface area contributed by atoms with Gasteiger partial charge in [0.05, 0.1) is 25.0 Å². The molecule has 1 fully saturated rings. The van der Waals surface area contributed by atoms with Gasteiger partial charge in [0, 0.05) is 24.7 Å². The Morgan fingerprint density at radius 1 is 1.39 bits per heavy atom. The van der Waals surface area contributed by atoms with Crippen molar-refractivity contribution in [1.29, 1.82) is 0 Å². The average Bonchev–Trinajstić information content (AvgIpc) is 2.68. The Morgan fingerprint density at radius 3 is 2.50 bits per heavy atom. The molecule has 6 heteroatoms. The first-order valence-corrected chi connectivity index (χ1v) is 6.02. The lowest BCUT2D eigenvalue weighted by Gasteiger charge is -2.21. The number of hydrogen-bond acceptors (Lipinski definition) is 5. The maximum absolute atomic E-state index is 9.60. The summed E-state index contributed by atoms with van der Waals surface area (Å²) in [4.78, 5) is 2.13. The fourth-order valence-electron chi connectivity index (χ4n) is 2.07. The molecule has 1 aromatic carbocycles. The van der Waals surface area contributed by atoms with E-state index in [9.17, 15) is 10.2 Å². The Labute approximate surface area is 111 Å². The van der Waals surface area contributed by atoms with E-state index in [1.54, 1.807) is 25.3 Å². The molecule has 2 rings (SSSR count). The van der Waals surface area contributed by atoms with Gasteiger partial charge in [0.15, 0.2) is 0 Å².